The van der Waals surface area contributed by atoms with E-state index >= 15 is 0 Å². The number of para-hydroxylation sites is 1. The van der Waals surface area contributed by atoms with Gasteiger partial charge in [0, 0.05) is 38.3 Å². The molecule has 0 bridgehead atoms. The monoisotopic (exact) mass is 900 g/mol. The van der Waals surface area contributed by atoms with Crippen LogP contribution in [0.4, 0.5) is 0 Å². The summed E-state index contributed by atoms with van der Waals surface area (Å²) in [5, 5.41) is 20.4. The van der Waals surface area contributed by atoms with Crippen LogP contribution in [0.15, 0.2) is 231 Å². The molecule has 0 radical (unpaired) electrons. The van der Waals surface area contributed by atoms with E-state index in [-0.39, 0.29) is 5.41 Å². The molecule has 0 fully saturated rings. The van der Waals surface area contributed by atoms with Gasteiger partial charge in [-0.2, -0.15) is 0 Å². The molecule has 1 aliphatic carbocycles. The van der Waals surface area contributed by atoms with E-state index in [1.54, 1.807) is 0 Å². The molecule has 71 heavy (non-hydrogen) atoms. The standard InChI is InChI=1S/C69H44N2/c1-69(2)63-25-13-11-23-55(63)59-39-62-61-36-42(28-34-67(61)71(68(62)40-64(59)69)44-30-32-54-50-20-6-4-16-46(50)48-18-8-10-22-52(48)58(54)38-44)41-27-33-66-60(35-41)56-24-12-14-26-65(56)70(66)43-29-31-53-49-19-5-3-15-45(49)47-17-7-9-21-51(47)57(53)37-43/h3-40H,1-2H3. The van der Waals surface area contributed by atoms with E-state index in [1.807, 2.05) is 0 Å². The normalized spacial score (nSPS) is 13.3. The third-order valence-corrected chi connectivity index (χ3v) is 16.4. The van der Waals surface area contributed by atoms with Gasteiger partial charge in [-0.3, -0.25) is 0 Å². The maximum atomic E-state index is 2.53. The zero-order valence-electron chi connectivity index (χ0n) is 39.3. The highest BCUT2D eigenvalue weighted by atomic mass is 15.0. The molecule has 0 saturated carbocycles. The van der Waals surface area contributed by atoms with Crippen LogP contribution in [0, 0.1) is 0 Å². The topological polar surface area (TPSA) is 9.86 Å². The van der Waals surface area contributed by atoms with Crippen LogP contribution in [0.5, 0.6) is 0 Å². The first-order chi connectivity index (χ1) is 35.0. The molecule has 330 valence electrons. The molecule has 0 unspecified atom stereocenters. The maximum absolute atomic E-state index is 2.53. The lowest BCUT2D eigenvalue weighted by Gasteiger charge is -2.21. The lowest BCUT2D eigenvalue weighted by Crippen LogP contribution is -2.14. The van der Waals surface area contributed by atoms with Crippen molar-refractivity contribution in [3.8, 4) is 33.6 Å². The molecule has 0 aliphatic heterocycles. The van der Waals surface area contributed by atoms with Crippen molar-refractivity contribution in [3.63, 3.8) is 0 Å². The van der Waals surface area contributed by atoms with Crippen molar-refractivity contribution < 1.29 is 0 Å². The summed E-state index contributed by atoms with van der Waals surface area (Å²) in [6.07, 6.45) is 0. The highest BCUT2D eigenvalue weighted by Gasteiger charge is 2.36. The molecule has 0 spiro atoms. The number of rotatable bonds is 3. The van der Waals surface area contributed by atoms with Gasteiger partial charge in [0.05, 0.1) is 22.1 Å². The minimum Gasteiger partial charge on any atom is -0.309 e. The van der Waals surface area contributed by atoms with Crippen molar-refractivity contribution in [1.29, 1.82) is 0 Å². The van der Waals surface area contributed by atoms with Gasteiger partial charge in [-0.05, 0) is 165 Å². The molecule has 1 aliphatic rings. The van der Waals surface area contributed by atoms with Crippen molar-refractivity contribution in [1.82, 2.24) is 9.13 Å². The summed E-state index contributed by atoms with van der Waals surface area (Å²) in [4.78, 5) is 0. The number of fused-ring (bicyclic) bond motifs is 21. The zero-order chi connectivity index (χ0) is 46.7. The third kappa shape index (κ3) is 5.26. The smallest absolute Gasteiger partial charge is 0.0544 e. The Morgan fingerprint density at radius 3 is 1.14 bits per heavy atom. The van der Waals surface area contributed by atoms with Crippen LogP contribution >= 0.6 is 0 Å². The van der Waals surface area contributed by atoms with Gasteiger partial charge in [-0.15, -0.1) is 0 Å². The van der Waals surface area contributed by atoms with Gasteiger partial charge in [0.25, 0.3) is 0 Å². The van der Waals surface area contributed by atoms with E-state index in [9.17, 15) is 0 Å². The van der Waals surface area contributed by atoms with Gasteiger partial charge in [-0.1, -0.05) is 178 Å². The van der Waals surface area contributed by atoms with Crippen LogP contribution in [-0.4, -0.2) is 9.13 Å². The second-order valence-corrected chi connectivity index (χ2v) is 20.4. The Labute approximate surface area is 409 Å². The Bertz CT molecular complexity index is 4780. The molecule has 2 heterocycles. The fourth-order valence-corrected chi connectivity index (χ4v) is 13.2. The summed E-state index contributed by atoms with van der Waals surface area (Å²) in [5.74, 6) is 0. The largest absolute Gasteiger partial charge is 0.309 e. The minimum absolute atomic E-state index is 0.130. The van der Waals surface area contributed by atoms with Crippen molar-refractivity contribution in [2.75, 3.05) is 0 Å². The van der Waals surface area contributed by atoms with E-state index in [1.165, 1.54) is 153 Å². The Morgan fingerprint density at radius 1 is 0.239 bits per heavy atom. The lowest BCUT2D eigenvalue weighted by atomic mass is 9.82. The van der Waals surface area contributed by atoms with Gasteiger partial charge in [0.15, 0.2) is 0 Å². The van der Waals surface area contributed by atoms with Crippen LogP contribution in [0.25, 0.3) is 142 Å². The number of aromatic nitrogens is 2. The fraction of sp³-hybridized carbons (Fsp3) is 0.0435. The molecule has 13 aromatic carbocycles. The van der Waals surface area contributed by atoms with Crippen LogP contribution in [0.2, 0.25) is 0 Å². The highest BCUT2D eigenvalue weighted by Crippen LogP contribution is 2.52. The average Bonchev–Trinajstić information content (AvgIpc) is 4.02. The van der Waals surface area contributed by atoms with Crippen molar-refractivity contribution >= 4 is 108 Å². The second-order valence-electron chi connectivity index (χ2n) is 20.4. The Balaban J connectivity index is 0.915. The summed E-state index contributed by atoms with van der Waals surface area (Å²) in [6.45, 7) is 4.78. The van der Waals surface area contributed by atoms with Gasteiger partial charge < -0.3 is 9.13 Å². The van der Waals surface area contributed by atoms with E-state index in [2.05, 4.69) is 254 Å². The molecule has 2 nitrogen and oxygen atoms in total. The van der Waals surface area contributed by atoms with Crippen molar-refractivity contribution in [2.45, 2.75) is 19.3 Å². The lowest BCUT2D eigenvalue weighted by molar-refractivity contribution is 0.661. The number of benzene rings is 13. The quantitative estimate of drug-likeness (QED) is 0.156. The summed E-state index contributed by atoms with van der Waals surface area (Å²) < 4.78 is 4.99. The molecule has 16 rings (SSSR count). The molecule has 2 heteroatoms. The van der Waals surface area contributed by atoms with Crippen molar-refractivity contribution in [2.24, 2.45) is 0 Å². The van der Waals surface area contributed by atoms with Crippen molar-refractivity contribution in [3.05, 3.63) is 242 Å². The first kappa shape index (κ1) is 38.9. The summed E-state index contributed by atoms with van der Waals surface area (Å²) in [6, 6.07) is 86.8. The zero-order valence-corrected chi connectivity index (χ0v) is 39.3. The summed E-state index contributed by atoms with van der Waals surface area (Å²) >= 11 is 0. The molecular weight excluding hydrogens is 857 g/mol. The molecule has 0 N–H and O–H groups in total. The maximum Gasteiger partial charge on any atom is 0.0544 e. The SMILES string of the molecule is CC1(C)c2ccccc2-c2cc3c4cc(-c5ccc6c(c5)c5ccccc5n6-c5ccc6c7ccccc7c7ccccc7c6c5)ccc4n(-c4ccc5c6ccccc6c6ccccc6c5c4)c3cc21. The van der Waals surface area contributed by atoms with Gasteiger partial charge in [-0.25, -0.2) is 0 Å². The Morgan fingerprint density at radius 2 is 0.620 bits per heavy atom. The third-order valence-electron chi connectivity index (χ3n) is 16.4. The Kier molecular flexibility index (Phi) is 7.71. The van der Waals surface area contributed by atoms with Crippen LogP contribution in [0.3, 0.4) is 0 Å². The summed E-state index contributed by atoms with van der Waals surface area (Å²) in [7, 11) is 0. The molecule has 0 saturated heterocycles. The number of hydrogen-bond donors (Lipinski definition) is 0. The molecular formula is C69H44N2. The predicted octanol–water partition coefficient (Wildman–Crippen LogP) is 18.8. The molecule has 0 amide bonds. The molecule has 2 aromatic heterocycles. The van der Waals surface area contributed by atoms with Crippen LogP contribution < -0.4 is 0 Å². The van der Waals surface area contributed by atoms with Gasteiger partial charge >= 0.3 is 0 Å². The van der Waals surface area contributed by atoms with E-state index in [4.69, 9.17) is 0 Å². The fourth-order valence-electron chi connectivity index (χ4n) is 13.2. The van der Waals surface area contributed by atoms with Crippen LogP contribution in [-0.2, 0) is 5.41 Å². The first-order valence-electron chi connectivity index (χ1n) is 24.9. The Hall–Kier alpha value is -8.98. The number of nitrogens with zero attached hydrogens (tertiary/aromatic N) is 2. The minimum atomic E-state index is -0.130. The van der Waals surface area contributed by atoms with E-state index in [0.29, 0.717) is 0 Å². The van der Waals surface area contributed by atoms with Gasteiger partial charge in [0.2, 0.25) is 0 Å². The summed E-state index contributed by atoms with van der Waals surface area (Å²) in [5.41, 5.74) is 14.9. The van der Waals surface area contributed by atoms with Crippen LogP contribution in [0.1, 0.15) is 25.0 Å². The van der Waals surface area contributed by atoms with E-state index < -0.39 is 0 Å². The first-order valence-corrected chi connectivity index (χ1v) is 24.9. The van der Waals surface area contributed by atoms with Gasteiger partial charge in [0.1, 0.15) is 0 Å². The highest BCUT2D eigenvalue weighted by molar-refractivity contribution is 6.27. The number of hydrogen-bond acceptors (Lipinski definition) is 0. The predicted molar refractivity (Wildman–Crippen MR) is 303 cm³/mol. The molecule has 15 aromatic rings. The average molecular weight is 901 g/mol. The molecule has 0 atom stereocenters. The van der Waals surface area contributed by atoms with E-state index in [0.717, 1.165) is 0 Å². The second kappa shape index (κ2) is 14.1.